The predicted octanol–water partition coefficient (Wildman–Crippen LogP) is 3.96. The smallest absolute Gasteiger partial charge is 0.216 e. The van der Waals surface area contributed by atoms with Crippen LogP contribution in [0.2, 0.25) is 0 Å². The molecular formula is C17H24N4O2S. The van der Waals surface area contributed by atoms with Gasteiger partial charge in [-0.2, -0.15) is 14.9 Å². The highest BCUT2D eigenvalue weighted by Gasteiger charge is 2.06. The van der Waals surface area contributed by atoms with Crippen LogP contribution in [-0.4, -0.2) is 34.8 Å². The monoisotopic (exact) mass is 348 g/mol. The van der Waals surface area contributed by atoms with E-state index in [9.17, 15) is 0 Å². The molecule has 0 radical (unpaired) electrons. The van der Waals surface area contributed by atoms with Crippen LogP contribution in [0.4, 0.5) is 0 Å². The van der Waals surface area contributed by atoms with Gasteiger partial charge in [-0.05, 0) is 48.8 Å². The van der Waals surface area contributed by atoms with Gasteiger partial charge in [0.05, 0.1) is 19.9 Å². The third-order valence-corrected chi connectivity index (χ3v) is 3.72. The molecule has 0 saturated carbocycles. The molecule has 6 nitrogen and oxygen atoms in total. The lowest BCUT2D eigenvalue weighted by Crippen LogP contribution is -2.00. The van der Waals surface area contributed by atoms with E-state index in [0.29, 0.717) is 17.1 Å². The molecule has 0 fully saturated rings. The highest BCUT2D eigenvalue weighted by Crippen LogP contribution is 2.27. The van der Waals surface area contributed by atoms with Crippen molar-refractivity contribution in [1.82, 2.24) is 14.9 Å². The average molecular weight is 348 g/mol. The highest BCUT2D eigenvalue weighted by atomic mass is 32.1. The number of rotatable bonds is 9. The molecule has 7 heteroatoms. The molecule has 1 heterocycles. The SMILES string of the molecule is CCCCOc1ccc(/C=N\n2c(CCC)n[nH]c2=S)cc1OC. The van der Waals surface area contributed by atoms with Crippen molar-refractivity contribution in [3.05, 3.63) is 34.4 Å². The highest BCUT2D eigenvalue weighted by molar-refractivity contribution is 7.71. The van der Waals surface area contributed by atoms with Crippen molar-refractivity contribution in [2.24, 2.45) is 5.10 Å². The summed E-state index contributed by atoms with van der Waals surface area (Å²) >= 11 is 5.22. The average Bonchev–Trinajstić information content (AvgIpc) is 2.94. The van der Waals surface area contributed by atoms with E-state index in [0.717, 1.165) is 42.8 Å². The summed E-state index contributed by atoms with van der Waals surface area (Å²) in [7, 11) is 1.63. The maximum absolute atomic E-state index is 5.74. The Kier molecular flexibility index (Phi) is 6.99. The Hall–Kier alpha value is -2.15. The lowest BCUT2D eigenvalue weighted by atomic mass is 10.2. The van der Waals surface area contributed by atoms with Crippen molar-refractivity contribution in [2.75, 3.05) is 13.7 Å². The summed E-state index contributed by atoms with van der Waals surface area (Å²) in [4.78, 5) is 0. The van der Waals surface area contributed by atoms with Gasteiger partial charge in [0.1, 0.15) is 0 Å². The standard InChI is InChI=1S/C17H24N4O2S/c1-4-6-10-23-14-9-8-13(11-15(14)22-3)12-18-21-16(7-5-2)19-20-17(21)24/h8-9,11-12H,4-7,10H2,1-3H3,(H,20,24)/b18-12-. The first-order valence-corrected chi connectivity index (χ1v) is 8.61. The number of aryl methyl sites for hydroxylation is 1. The van der Waals surface area contributed by atoms with Crippen LogP contribution in [0.1, 0.15) is 44.5 Å². The van der Waals surface area contributed by atoms with Crippen molar-refractivity contribution in [3.8, 4) is 11.5 Å². The number of benzene rings is 1. The van der Waals surface area contributed by atoms with Crippen molar-refractivity contribution in [3.63, 3.8) is 0 Å². The lowest BCUT2D eigenvalue weighted by molar-refractivity contribution is 0.288. The number of aromatic nitrogens is 3. The van der Waals surface area contributed by atoms with E-state index in [2.05, 4.69) is 29.1 Å². The van der Waals surface area contributed by atoms with Gasteiger partial charge in [-0.1, -0.05) is 20.3 Å². The number of nitrogens with zero attached hydrogens (tertiary/aromatic N) is 3. The van der Waals surface area contributed by atoms with Gasteiger partial charge in [0, 0.05) is 6.42 Å². The van der Waals surface area contributed by atoms with Gasteiger partial charge in [-0.15, -0.1) is 0 Å². The molecule has 0 aliphatic heterocycles. The van der Waals surface area contributed by atoms with Crippen LogP contribution in [0.3, 0.4) is 0 Å². The van der Waals surface area contributed by atoms with Gasteiger partial charge in [0.25, 0.3) is 0 Å². The van der Waals surface area contributed by atoms with Crippen molar-refractivity contribution < 1.29 is 9.47 Å². The second-order valence-electron chi connectivity index (χ2n) is 5.36. The molecule has 2 aromatic rings. The van der Waals surface area contributed by atoms with Gasteiger partial charge in [-0.25, -0.2) is 0 Å². The molecule has 0 aliphatic carbocycles. The van der Waals surface area contributed by atoms with Gasteiger partial charge < -0.3 is 9.47 Å². The lowest BCUT2D eigenvalue weighted by Gasteiger charge is -2.10. The fourth-order valence-corrected chi connectivity index (χ4v) is 2.36. The number of aromatic amines is 1. The van der Waals surface area contributed by atoms with E-state index in [1.807, 2.05) is 18.2 Å². The number of H-pyrrole nitrogens is 1. The van der Waals surface area contributed by atoms with E-state index in [1.54, 1.807) is 18.0 Å². The molecule has 24 heavy (non-hydrogen) atoms. The van der Waals surface area contributed by atoms with Gasteiger partial charge in [0.15, 0.2) is 17.3 Å². The maximum Gasteiger partial charge on any atom is 0.216 e. The second kappa shape index (κ2) is 9.22. The van der Waals surface area contributed by atoms with Crippen LogP contribution in [0.15, 0.2) is 23.3 Å². The van der Waals surface area contributed by atoms with Gasteiger partial charge >= 0.3 is 0 Å². The normalized spacial score (nSPS) is 11.1. The van der Waals surface area contributed by atoms with Gasteiger partial charge in [0.2, 0.25) is 4.77 Å². The summed E-state index contributed by atoms with van der Waals surface area (Å²) in [6, 6.07) is 5.74. The van der Waals surface area contributed by atoms with Crippen LogP contribution < -0.4 is 9.47 Å². The summed E-state index contributed by atoms with van der Waals surface area (Å²) in [5.74, 6) is 2.26. The minimum Gasteiger partial charge on any atom is -0.493 e. The van der Waals surface area contributed by atoms with E-state index in [4.69, 9.17) is 21.7 Å². The first-order valence-electron chi connectivity index (χ1n) is 8.21. The molecule has 0 amide bonds. The fraction of sp³-hybridized carbons (Fsp3) is 0.471. The van der Waals surface area contributed by atoms with Crippen molar-refractivity contribution in [1.29, 1.82) is 0 Å². The topological polar surface area (TPSA) is 64.4 Å². The van der Waals surface area contributed by atoms with E-state index in [1.165, 1.54) is 0 Å². The van der Waals surface area contributed by atoms with Crippen molar-refractivity contribution >= 4 is 18.4 Å². The number of ether oxygens (including phenoxy) is 2. The molecule has 1 N–H and O–H groups in total. The zero-order valence-corrected chi connectivity index (χ0v) is 15.2. The first-order chi connectivity index (χ1) is 11.7. The molecule has 0 spiro atoms. The fourth-order valence-electron chi connectivity index (χ4n) is 2.16. The second-order valence-corrected chi connectivity index (χ2v) is 5.75. The Morgan fingerprint density at radius 1 is 1.29 bits per heavy atom. The predicted molar refractivity (Wildman–Crippen MR) is 97.8 cm³/mol. The third kappa shape index (κ3) is 4.67. The van der Waals surface area contributed by atoms with Crippen LogP contribution in [-0.2, 0) is 6.42 Å². The summed E-state index contributed by atoms with van der Waals surface area (Å²) in [5.41, 5.74) is 0.903. The number of methoxy groups -OCH3 is 1. The molecule has 1 aromatic carbocycles. The number of nitrogens with one attached hydrogen (secondary N) is 1. The largest absolute Gasteiger partial charge is 0.493 e. The third-order valence-electron chi connectivity index (χ3n) is 3.46. The van der Waals surface area contributed by atoms with Crippen molar-refractivity contribution in [2.45, 2.75) is 39.5 Å². The van der Waals surface area contributed by atoms with Crippen LogP contribution >= 0.6 is 12.2 Å². The van der Waals surface area contributed by atoms with Crippen LogP contribution in [0, 0.1) is 4.77 Å². The molecule has 0 saturated heterocycles. The Balaban J connectivity index is 2.18. The quantitative estimate of drug-likeness (QED) is 0.423. The first kappa shape index (κ1) is 18.2. The summed E-state index contributed by atoms with van der Waals surface area (Å²) in [5, 5.41) is 11.4. The Morgan fingerprint density at radius 2 is 2.12 bits per heavy atom. The molecule has 0 unspecified atom stereocenters. The number of unbranched alkanes of at least 4 members (excludes halogenated alkanes) is 1. The van der Waals surface area contributed by atoms with E-state index >= 15 is 0 Å². The number of hydrogen-bond donors (Lipinski definition) is 1. The Bertz CT molecular complexity index is 736. The zero-order valence-electron chi connectivity index (χ0n) is 14.4. The zero-order chi connectivity index (χ0) is 17.4. The van der Waals surface area contributed by atoms with Crippen LogP contribution in [0.25, 0.3) is 0 Å². The van der Waals surface area contributed by atoms with Crippen LogP contribution in [0.5, 0.6) is 11.5 Å². The maximum atomic E-state index is 5.74. The molecule has 0 aliphatic rings. The minimum absolute atomic E-state index is 0.487. The Morgan fingerprint density at radius 3 is 2.83 bits per heavy atom. The van der Waals surface area contributed by atoms with E-state index < -0.39 is 0 Å². The molecule has 0 atom stereocenters. The molecule has 2 rings (SSSR count). The molecule has 1 aromatic heterocycles. The van der Waals surface area contributed by atoms with E-state index in [-0.39, 0.29) is 0 Å². The molecular weight excluding hydrogens is 324 g/mol. The summed E-state index contributed by atoms with van der Waals surface area (Å²) < 4.78 is 13.3. The molecule has 0 bridgehead atoms. The Labute approximate surface area is 147 Å². The summed E-state index contributed by atoms with van der Waals surface area (Å²) in [6.07, 6.45) is 5.65. The summed E-state index contributed by atoms with van der Waals surface area (Å²) in [6.45, 7) is 4.91. The number of hydrogen-bond acceptors (Lipinski definition) is 5. The molecule has 130 valence electrons. The van der Waals surface area contributed by atoms with Gasteiger partial charge in [-0.3, -0.25) is 5.10 Å². The minimum atomic E-state index is 0.487.